The van der Waals surface area contributed by atoms with Gasteiger partial charge in [0, 0.05) is 24.5 Å². The van der Waals surface area contributed by atoms with Gasteiger partial charge in [0.2, 0.25) is 10.0 Å². The average Bonchev–Trinajstić information content (AvgIpc) is 2.28. The standard InChI is InChI=1S/C13H20N2O2S/c1-11-4-3-9-15(10-11)13-7-5-12(6-8-13)14-18(2,16)17/h5-8,11,14H,3-4,9-10H2,1-2H3. The van der Waals surface area contributed by atoms with Crippen molar-refractivity contribution in [1.29, 1.82) is 0 Å². The number of piperidine rings is 1. The predicted octanol–water partition coefficient (Wildman–Crippen LogP) is 2.29. The summed E-state index contributed by atoms with van der Waals surface area (Å²) in [5.74, 6) is 0.729. The smallest absolute Gasteiger partial charge is 0.229 e. The number of hydrogen-bond donors (Lipinski definition) is 1. The highest BCUT2D eigenvalue weighted by molar-refractivity contribution is 7.92. The fraction of sp³-hybridized carbons (Fsp3) is 0.538. The van der Waals surface area contributed by atoms with Crippen molar-refractivity contribution in [1.82, 2.24) is 0 Å². The molecule has 1 atom stereocenters. The number of nitrogens with one attached hydrogen (secondary N) is 1. The van der Waals surface area contributed by atoms with Crippen LogP contribution < -0.4 is 9.62 Å². The molecule has 0 spiro atoms. The summed E-state index contributed by atoms with van der Waals surface area (Å²) in [6, 6.07) is 7.59. The van der Waals surface area contributed by atoms with Gasteiger partial charge in [-0.25, -0.2) is 8.42 Å². The third-order valence-corrected chi connectivity index (χ3v) is 3.80. The Hall–Kier alpha value is -1.23. The van der Waals surface area contributed by atoms with E-state index in [-0.39, 0.29) is 0 Å². The largest absolute Gasteiger partial charge is 0.371 e. The minimum absolute atomic E-state index is 0.617. The van der Waals surface area contributed by atoms with Crippen LogP contribution in [0.25, 0.3) is 0 Å². The molecular formula is C13H20N2O2S. The second-order valence-corrected chi connectivity index (χ2v) is 6.86. The van der Waals surface area contributed by atoms with Crippen molar-refractivity contribution in [3.63, 3.8) is 0 Å². The molecule has 4 nitrogen and oxygen atoms in total. The van der Waals surface area contributed by atoms with Gasteiger partial charge in [-0.2, -0.15) is 0 Å². The van der Waals surface area contributed by atoms with E-state index in [1.165, 1.54) is 18.5 Å². The van der Waals surface area contributed by atoms with E-state index in [2.05, 4.69) is 16.5 Å². The number of benzene rings is 1. The van der Waals surface area contributed by atoms with Gasteiger partial charge in [-0.3, -0.25) is 4.72 Å². The molecule has 1 N–H and O–H groups in total. The van der Waals surface area contributed by atoms with Gasteiger partial charge in [-0.05, 0) is 43.0 Å². The van der Waals surface area contributed by atoms with Crippen LogP contribution in [-0.4, -0.2) is 27.8 Å². The average molecular weight is 268 g/mol. The first-order chi connectivity index (χ1) is 8.44. The Morgan fingerprint density at radius 2 is 1.94 bits per heavy atom. The van der Waals surface area contributed by atoms with Crippen molar-refractivity contribution in [2.24, 2.45) is 5.92 Å². The first kappa shape index (κ1) is 13.2. The molecule has 100 valence electrons. The Bertz CT molecular complexity index is 496. The van der Waals surface area contributed by atoms with Gasteiger partial charge in [0.05, 0.1) is 6.26 Å². The second-order valence-electron chi connectivity index (χ2n) is 5.11. The third-order valence-electron chi connectivity index (χ3n) is 3.19. The topological polar surface area (TPSA) is 49.4 Å². The van der Waals surface area contributed by atoms with Crippen LogP contribution >= 0.6 is 0 Å². The highest BCUT2D eigenvalue weighted by Crippen LogP contribution is 2.24. The number of sulfonamides is 1. The maximum atomic E-state index is 11.1. The predicted molar refractivity (Wildman–Crippen MR) is 75.5 cm³/mol. The molecule has 1 saturated heterocycles. The van der Waals surface area contributed by atoms with E-state index < -0.39 is 10.0 Å². The molecule has 0 aromatic heterocycles. The maximum Gasteiger partial charge on any atom is 0.229 e. The fourth-order valence-electron chi connectivity index (χ4n) is 2.38. The Balaban J connectivity index is 2.07. The lowest BCUT2D eigenvalue weighted by Gasteiger charge is -2.32. The van der Waals surface area contributed by atoms with E-state index in [1.54, 1.807) is 0 Å². The highest BCUT2D eigenvalue weighted by atomic mass is 32.2. The lowest BCUT2D eigenvalue weighted by Crippen LogP contribution is -2.34. The van der Waals surface area contributed by atoms with Crippen LogP contribution in [0, 0.1) is 5.92 Å². The number of nitrogens with zero attached hydrogens (tertiary/aromatic N) is 1. The molecule has 1 aromatic carbocycles. The molecule has 0 radical (unpaired) electrons. The zero-order chi connectivity index (χ0) is 13.2. The third kappa shape index (κ3) is 3.63. The summed E-state index contributed by atoms with van der Waals surface area (Å²) in [7, 11) is -3.19. The van der Waals surface area contributed by atoms with E-state index in [4.69, 9.17) is 0 Å². The summed E-state index contributed by atoms with van der Waals surface area (Å²) in [5, 5.41) is 0. The quantitative estimate of drug-likeness (QED) is 0.915. The first-order valence-corrected chi connectivity index (χ1v) is 8.16. The van der Waals surface area contributed by atoms with Crippen LogP contribution in [0.2, 0.25) is 0 Å². The summed E-state index contributed by atoms with van der Waals surface area (Å²) >= 11 is 0. The minimum atomic E-state index is -3.19. The molecule has 0 saturated carbocycles. The van der Waals surface area contributed by atoms with E-state index in [1.807, 2.05) is 24.3 Å². The first-order valence-electron chi connectivity index (χ1n) is 6.27. The molecule has 0 aliphatic carbocycles. The minimum Gasteiger partial charge on any atom is -0.371 e. The van der Waals surface area contributed by atoms with Gasteiger partial charge in [-0.15, -0.1) is 0 Å². The van der Waals surface area contributed by atoms with E-state index >= 15 is 0 Å². The molecule has 0 amide bonds. The van der Waals surface area contributed by atoms with E-state index in [9.17, 15) is 8.42 Å². The van der Waals surface area contributed by atoms with Crippen molar-refractivity contribution >= 4 is 21.4 Å². The SMILES string of the molecule is CC1CCCN(c2ccc(NS(C)(=O)=O)cc2)C1. The van der Waals surface area contributed by atoms with E-state index in [0.717, 1.165) is 25.3 Å². The molecule has 2 rings (SSSR count). The molecule has 1 fully saturated rings. The van der Waals surface area contributed by atoms with Crippen molar-refractivity contribution in [2.75, 3.05) is 29.0 Å². The van der Waals surface area contributed by atoms with Gasteiger partial charge in [0.1, 0.15) is 0 Å². The van der Waals surface area contributed by atoms with Crippen molar-refractivity contribution in [3.8, 4) is 0 Å². The summed E-state index contributed by atoms with van der Waals surface area (Å²) in [5.41, 5.74) is 1.78. The van der Waals surface area contributed by atoms with Crippen LogP contribution in [0.15, 0.2) is 24.3 Å². The monoisotopic (exact) mass is 268 g/mol. The Kier molecular flexibility index (Phi) is 3.80. The lowest BCUT2D eigenvalue weighted by atomic mass is 10.00. The Morgan fingerprint density at radius 3 is 2.50 bits per heavy atom. The highest BCUT2D eigenvalue weighted by Gasteiger charge is 2.16. The summed E-state index contributed by atoms with van der Waals surface area (Å²) in [4.78, 5) is 2.36. The van der Waals surface area contributed by atoms with Crippen molar-refractivity contribution < 1.29 is 8.42 Å². The molecule has 1 aliphatic heterocycles. The number of hydrogen-bond acceptors (Lipinski definition) is 3. The Labute approximate surface area is 109 Å². The van der Waals surface area contributed by atoms with Gasteiger partial charge in [-0.1, -0.05) is 6.92 Å². The van der Waals surface area contributed by atoms with Crippen LogP contribution in [0.4, 0.5) is 11.4 Å². The zero-order valence-electron chi connectivity index (χ0n) is 10.9. The molecule has 18 heavy (non-hydrogen) atoms. The van der Waals surface area contributed by atoms with Gasteiger partial charge in [0.25, 0.3) is 0 Å². The van der Waals surface area contributed by atoms with Crippen LogP contribution in [0.1, 0.15) is 19.8 Å². The van der Waals surface area contributed by atoms with Crippen LogP contribution in [-0.2, 0) is 10.0 Å². The normalized spacial score (nSPS) is 20.8. The van der Waals surface area contributed by atoms with Gasteiger partial charge < -0.3 is 4.90 Å². The molecule has 1 aromatic rings. The number of anilines is 2. The Morgan fingerprint density at radius 1 is 1.28 bits per heavy atom. The molecule has 1 aliphatic rings. The lowest BCUT2D eigenvalue weighted by molar-refractivity contribution is 0.447. The fourth-order valence-corrected chi connectivity index (χ4v) is 2.94. The van der Waals surface area contributed by atoms with Gasteiger partial charge in [0.15, 0.2) is 0 Å². The molecular weight excluding hydrogens is 248 g/mol. The molecule has 0 bridgehead atoms. The summed E-state index contributed by atoms with van der Waals surface area (Å²) in [6.45, 7) is 4.44. The molecule has 5 heteroatoms. The van der Waals surface area contributed by atoms with Gasteiger partial charge >= 0.3 is 0 Å². The zero-order valence-corrected chi connectivity index (χ0v) is 11.7. The summed E-state index contributed by atoms with van der Waals surface area (Å²) < 4.78 is 24.7. The van der Waals surface area contributed by atoms with Crippen molar-refractivity contribution in [3.05, 3.63) is 24.3 Å². The summed E-state index contributed by atoms with van der Waals surface area (Å²) in [6.07, 6.45) is 3.68. The van der Waals surface area contributed by atoms with Crippen LogP contribution in [0.3, 0.4) is 0 Å². The maximum absolute atomic E-state index is 11.1. The van der Waals surface area contributed by atoms with E-state index in [0.29, 0.717) is 5.69 Å². The number of rotatable bonds is 3. The molecule has 1 heterocycles. The van der Waals surface area contributed by atoms with Crippen LogP contribution in [0.5, 0.6) is 0 Å². The molecule has 1 unspecified atom stereocenters. The second kappa shape index (κ2) is 5.18. The van der Waals surface area contributed by atoms with Crippen molar-refractivity contribution in [2.45, 2.75) is 19.8 Å².